The summed E-state index contributed by atoms with van der Waals surface area (Å²) in [5, 5.41) is 0. The maximum absolute atomic E-state index is 13.4. The molecule has 3 fully saturated rings. The van der Waals surface area contributed by atoms with Gasteiger partial charge in [0.1, 0.15) is 0 Å². The van der Waals surface area contributed by atoms with E-state index in [-0.39, 0.29) is 24.8 Å². The van der Waals surface area contributed by atoms with Crippen molar-refractivity contribution in [2.75, 3.05) is 0 Å². The third-order valence-corrected chi connectivity index (χ3v) is 5.74. The molecule has 0 heterocycles. The van der Waals surface area contributed by atoms with Gasteiger partial charge in [0.25, 0.3) is 0 Å². The van der Waals surface area contributed by atoms with Crippen LogP contribution in [0.5, 0.6) is 0 Å². The van der Waals surface area contributed by atoms with Crippen molar-refractivity contribution in [3.05, 3.63) is 0 Å². The van der Waals surface area contributed by atoms with Gasteiger partial charge in [-0.15, -0.1) is 0 Å². The molecular weight excluding hydrogens is 232 g/mol. The van der Waals surface area contributed by atoms with Crippen molar-refractivity contribution in [1.82, 2.24) is 0 Å². The highest BCUT2D eigenvalue weighted by Crippen LogP contribution is 2.50. The molecule has 0 aromatic rings. The van der Waals surface area contributed by atoms with Gasteiger partial charge in [0.2, 0.25) is 5.92 Å². The summed E-state index contributed by atoms with van der Waals surface area (Å²) < 4.78 is 26.8. The first-order chi connectivity index (χ1) is 8.53. The molecule has 18 heavy (non-hydrogen) atoms. The van der Waals surface area contributed by atoms with E-state index in [1.807, 2.05) is 0 Å². The van der Waals surface area contributed by atoms with E-state index in [2.05, 4.69) is 0 Å². The van der Waals surface area contributed by atoms with Crippen LogP contribution in [0.1, 0.15) is 57.8 Å². The lowest BCUT2D eigenvalue weighted by molar-refractivity contribution is -0.0575. The predicted molar refractivity (Wildman–Crippen MR) is 68.4 cm³/mol. The van der Waals surface area contributed by atoms with Gasteiger partial charge >= 0.3 is 0 Å². The fraction of sp³-hybridized carbons (Fsp3) is 1.00. The van der Waals surface area contributed by atoms with E-state index in [9.17, 15) is 8.78 Å². The first-order valence-electron chi connectivity index (χ1n) is 7.67. The molecule has 5 unspecified atom stereocenters. The number of nitrogens with two attached hydrogens (primary N) is 1. The molecule has 0 amide bonds. The van der Waals surface area contributed by atoms with E-state index in [0.717, 1.165) is 30.6 Å². The lowest BCUT2D eigenvalue weighted by Crippen LogP contribution is -2.39. The molecule has 3 saturated carbocycles. The van der Waals surface area contributed by atoms with Crippen LogP contribution in [-0.2, 0) is 0 Å². The van der Waals surface area contributed by atoms with E-state index in [1.165, 1.54) is 25.7 Å². The molecule has 3 aliphatic carbocycles. The second kappa shape index (κ2) is 4.73. The lowest BCUT2D eigenvalue weighted by Gasteiger charge is -2.35. The van der Waals surface area contributed by atoms with E-state index >= 15 is 0 Å². The zero-order valence-electron chi connectivity index (χ0n) is 11.1. The molecule has 104 valence electrons. The quantitative estimate of drug-likeness (QED) is 0.813. The van der Waals surface area contributed by atoms with Crippen molar-refractivity contribution in [2.24, 2.45) is 29.4 Å². The van der Waals surface area contributed by atoms with Crippen molar-refractivity contribution in [3.63, 3.8) is 0 Å². The zero-order valence-corrected chi connectivity index (χ0v) is 11.1. The second-order valence-corrected chi connectivity index (χ2v) is 7.05. The molecule has 1 nitrogen and oxygen atoms in total. The molecule has 0 aromatic heterocycles. The van der Waals surface area contributed by atoms with Crippen LogP contribution in [-0.4, -0.2) is 12.0 Å². The fourth-order valence-electron chi connectivity index (χ4n) is 4.78. The highest BCUT2D eigenvalue weighted by Gasteiger charge is 2.43. The molecule has 5 atom stereocenters. The average Bonchev–Trinajstić information content (AvgIpc) is 2.89. The van der Waals surface area contributed by atoms with Crippen LogP contribution < -0.4 is 5.73 Å². The third kappa shape index (κ3) is 2.56. The van der Waals surface area contributed by atoms with E-state index in [0.29, 0.717) is 6.42 Å². The van der Waals surface area contributed by atoms with Crippen LogP contribution in [0.15, 0.2) is 0 Å². The third-order valence-electron chi connectivity index (χ3n) is 5.74. The van der Waals surface area contributed by atoms with Gasteiger partial charge in [0, 0.05) is 18.9 Å². The molecule has 0 saturated heterocycles. The Balaban J connectivity index is 1.53. The smallest absolute Gasteiger partial charge is 0.248 e. The SMILES string of the molecule is NC(CC1CC2CCC1C2)C1CCCC(F)(F)C1. The Morgan fingerprint density at radius 1 is 1.17 bits per heavy atom. The van der Waals surface area contributed by atoms with Gasteiger partial charge in [0.15, 0.2) is 0 Å². The maximum Gasteiger partial charge on any atom is 0.248 e. The fourth-order valence-corrected chi connectivity index (χ4v) is 4.78. The average molecular weight is 257 g/mol. The summed E-state index contributed by atoms with van der Waals surface area (Å²) in [5.41, 5.74) is 6.25. The molecule has 0 aliphatic heterocycles. The van der Waals surface area contributed by atoms with Gasteiger partial charge in [-0.2, -0.15) is 0 Å². The summed E-state index contributed by atoms with van der Waals surface area (Å²) in [5.74, 6) is 0.155. The summed E-state index contributed by atoms with van der Waals surface area (Å²) in [7, 11) is 0. The van der Waals surface area contributed by atoms with Crippen molar-refractivity contribution in [3.8, 4) is 0 Å². The van der Waals surface area contributed by atoms with Crippen molar-refractivity contribution in [1.29, 1.82) is 0 Å². The minimum absolute atomic E-state index is 0.0144. The van der Waals surface area contributed by atoms with Crippen LogP contribution in [0, 0.1) is 23.7 Å². The van der Waals surface area contributed by atoms with Gasteiger partial charge in [-0.3, -0.25) is 0 Å². The second-order valence-electron chi connectivity index (χ2n) is 7.05. The lowest BCUT2D eigenvalue weighted by atomic mass is 9.76. The number of hydrogen-bond donors (Lipinski definition) is 1. The first kappa shape index (κ1) is 12.8. The maximum atomic E-state index is 13.4. The molecule has 3 aliphatic rings. The number of fused-ring (bicyclic) bond motifs is 2. The molecule has 0 spiro atoms. The number of rotatable bonds is 3. The van der Waals surface area contributed by atoms with Crippen LogP contribution in [0.2, 0.25) is 0 Å². The minimum atomic E-state index is -2.45. The van der Waals surface area contributed by atoms with Gasteiger partial charge in [-0.05, 0) is 62.2 Å². The molecular formula is C15H25F2N. The van der Waals surface area contributed by atoms with E-state index in [4.69, 9.17) is 5.73 Å². The Hall–Kier alpha value is -0.180. The Morgan fingerprint density at radius 2 is 2.00 bits per heavy atom. The van der Waals surface area contributed by atoms with Gasteiger partial charge in [-0.1, -0.05) is 6.42 Å². The molecule has 0 radical (unpaired) electrons. The summed E-state index contributed by atoms with van der Waals surface area (Å²) in [6.07, 6.45) is 8.15. The van der Waals surface area contributed by atoms with E-state index in [1.54, 1.807) is 0 Å². The van der Waals surface area contributed by atoms with Crippen LogP contribution in [0.4, 0.5) is 8.78 Å². The number of alkyl halides is 2. The van der Waals surface area contributed by atoms with Crippen LogP contribution >= 0.6 is 0 Å². The van der Waals surface area contributed by atoms with Crippen LogP contribution in [0.25, 0.3) is 0 Å². The largest absolute Gasteiger partial charge is 0.327 e. The molecule has 2 bridgehead atoms. The summed E-state index contributed by atoms with van der Waals surface area (Å²) in [6.45, 7) is 0. The van der Waals surface area contributed by atoms with Gasteiger partial charge < -0.3 is 5.73 Å². The summed E-state index contributed by atoms with van der Waals surface area (Å²) in [4.78, 5) is 0. The summed E-state index contributed by atoms with van der Waals surface area (Å²) in [6, 6.07) is 0.0144. The van der Waals surface area contributed by atoms with Crippen molar-refractivity contribution in [2.45, 2.75) is 69.8 Å². The predicted octanol–water partition coefficient (Wildman–Crippen LogP) is 3.97. The van der Waals surface area contributed by atoms with Crippen molar-refractivity contribution < 1.29 is 8.78 Å². The monoisotopic (exact) mass is 257 g/mol. The highest BCUT2D eigenvalue weighted by molar-refractivity contribution is 4.93. The van der Waals surface area contributed by atoms with E-state index < -0.39 is 5.92 Å². The standard InChI is InChI=1S/C15H25F2N/c16-15(17)5-1-2-12(9-15)14(18)8-13-7-10-3-4-11(13)6-10/h10-14H,1-9,18H2. The zero-order chi connectivity index (χ0) is 12.8. The Kier molecular flexibility index (Phi) is 3.38. The molecule has 3 heteroatoms. The summed E-state index contributed by atoms with van der Waals surface area (Å²) >= 11 is 0. The Labute approximate surface area is 109 Å². The number of halogens is 2. The first-order valence-corrected chi connectivity index (χ1v) is 7.67. The normalized spacial score (nSPS) is 44.2. The topological polar surface area (TPSA) is 26.0 Å². The Morgan fingerprint density at radius 3 is 2.61 bits per heavy atom. The number of hydrogen-bond acceptors (Lipinski definition) is 1. The van der Waals surface area contributed by atoms with Gasteiger partial charge in [-0.25, -0.2) is 8.78 Å². The van der Waals surface area contributed by atoms with Gasteiger partial charge in [0.05, 0.1) is 0 Å². The Bertz CT molecular complexity index is 305. The van der Waals surface area contributed by atoms with Crippen LogP contribution in [0.3, 0.4) is 0 Å². The molecule has 2 N–H and O–H groups in total. The van der Waals surface area contributed by atoms with Crippen molar-refractivity contribution >= 4 is 0 Å². The highest BCUT2D eigenvalue weighted by atomic mass is 19.3. The molecule has 0 aromatic carbocycles. The molecule has 3 rings (SSSR count). The minimum Gasteiger partial charge on any atom is -0.327 e.